The maximum Gasteiger partial charge on any atom is 0.132 e. The van der Waals surface area contributed by atoms with E-state index in [1.54, 1.807) is 19.2 Å². The Balaban J connectivity index is 2.23. The van der Waals surface area contributed by atoms with Gasteiger partial charge in [0, 0.05) is 18.1 Å². The van der Waals surface area contributed by atoms with E-state index >= 15 is 0 Å². The molecule has 0 bridgehead atoms. The average molecular weight is 255 g/mol. The van der Waals surface area contributed by atoms with Crippen LogP contribution in [-0.4, -0.2) is 44.1 Å². The number of hydrogen-bond acceptors (Lipinski definition) is 3. The fraction of sp³-hybridized carbons (Fsp3) is 0.417. The number of amidine groups is 1. The molecule has 92 valence electrons. The third-order valence-corrected chi connectivity index (χ3v) is 2.98. The molecule has 4 nitrogen and oxygen atoms in total. The van der Waals surface area contributed by atoms with Crippen LogP contribution in [0.2, 0.25) is 5.02 Å². The monoisotopic (exact) mass is 254 g/mol. The van der Waals surface area contributed by atoms with E-state index in [-0.39, 0.29) is 0 Å². The highest BCUT2D eigenvalue weighted by Crippen LogP contribution is 2.24. The predicted octanol–water partition coefficient (Wildman–Crippen LogP) is 2.01. The van der Waals surface area contributed by atoms with Crippen molar-refractivity contribution in [1.29, 1.82) is 5.41 Å². The highest BCUT2D eigenvalue weighted by atomic mass is 35.5. The van der Waals surface area contributed by atoms with Crippen molar-refractivity contribution < 1.29 is 9.47 Å². The lowest BCUT2D eigenvalue weighted by molar-refractivity contribution is 0.0679. The molecule has 0 amide bonds. The quantitative estimate of drug-likeness (QED) is 0.649. The molecule has 0 saturated carbocycles. The summed E-state index contributed by atoms with van der Waals surface area (Å²) in [6, 6.07) is 5.32. The molecule has 1 heterocycles. The van der Waals surface area contributed by atoms with Gasteiger partial charge < -0.3 is 14.4 Å². The largest absolute Gasteiger partial charge is 0.496 e. The Kier molecular flexibility index (Phi) is 3.86. The van der Waals surface area contributed by atoms with E-state index in [0.29, 0.717) is 29.8 Å². The number of hydrogen-bond donors (Lipinski definition) is 1. The molecule has 0 radical (unpaired) electrons. The summed E-state index contributed by atoms with van der Waals surface area (Å²) in [5.74, 6) is 1.09. The molecule has 0 spiro atoms. The molecule has 1 N–H and O–H groups in total. The maximum absolute atomic E-state index is 8.19. The lowest BCUT2D eigenvalue weighted by atomic mass is 10.1. The third-order valence-electron chi connectivity index (χ3n) is 2.75. The van der Waals surface area contributed by atoms with E-state index in [0.717, 1.165) is 18.7 Å². The summed E-state index contributed by atoms with van der Waals surface area (Å²) in [7, 11) is 1.59. The molecule has 1 fully saturated rings. The highest BCUT2D eigenvalue weighted by Gasteiger charge is 2.18. The van der Waals surface area contributed by atoms with Gasteiger partial charge in [0.15, 0.2) is 0 Å². The van der Waals surface area contributed by atoms with Crippen molar-refractivity contribution in [2.75, 3.05) is 33.4 Å². The van der Waals surface area contributed by atoms with Crippen LogP contribution in [0.5, 0.6) is 5.75 Å². The molecule has 0 atom stereocenters. The van der Waals surface area contributed by atoms with Crippen molar-refractivity contribution >= 4 is 17.4 Å². The minimum atomic E-state index is 0.460. The van der Waals surface area contributed by atoms with E-state index in [1.807, 2.05) is 11.0 Å². The number of morpholine rings is 1. The Morgan fingerprint density at radius 3 is 2.76 bits per heavy atom. The van der Waals surface area contributed by atoms with Crippen LogP contribution in [0, 0.1) is 5.41 Å². The summed E-state index contributed by atoms with van der Waals surface area (Å²) in [6.45, 7) is 2.81. The van der Waals surface area contributed by atoms with Crippen molar-refractivity contribution in [2.45, 2.75) is 0 Å². The Morgan fingerprint density at radius 2 is 2.12 bits per heavy atom. The van der Waals surface area contributed by atoms with Gasteiger partial charge in [-0.2, -0.15) is 0 Å². The maximum atomic E-state index is 8.19. The molecule has 17 heavy (non-hydrogen) atoms. The second-order valence-electron chi connectivity index (χ2n) is 3.79. The number of ether oxygens (including phenoxy) is 2. The number of rotatable bonds is 2. The molecule has 1 saturated heterocycles. The van der Waals surface area contributed by atoms with Crippen LogP contribution >= 0.6 is 11.6 Å². The van der Waals surface area contributed by atoms with Gasteiger partial charge >= 0.3 is 0 Å². The molecule has 0 unspecified atom stereocenters. The first kappa shape index (κ1) is 12.2. The van der Waals surface area contributed by atoms with Gasteiger partial charge in [0.05, 0.1) is 25.9 Å². The minimum Gasteiger partial charge on any atom is -0.496 e. The summed E-state index contributed by atoms with van der Waals surface area (Å²) in [5.41, 5.74) is 0.763. The van der Waals surface area contributed by atoms with E-state index in [9.17, 15) is 0 Å². The van der Waals surface area contributed by atoms with Gasteiger partial charge in [-0.15, -0.1) is 0 Å². The number of methoxy groups -OCH3 is 1. The van der Waals surface area contributed by atoms with E-state index < -0.39 is 0 Å². The van der Waals surface area contributed by atoms with Gasteiger partial charge in [0.25, 0.3) is 0 Å². The highest BCUT2D eigenvalue weighted by molar-refractivity contribution is 6.30. The zero-order valence-corrected chi connectivity index (χ0v) is 10.5. The van der Waals surface area contributed by atoms with Crippen molar-refractivity contribution in [3.05, 3.63) is 28.8 Å². The van der Waals surface area contributed by atoms with Gasteiger partial charge in [-0.25, -0.2) is 0 Å². The number of halogens is 1. The number of nitrogens with zero attached hydrogens (tertiary/aromatic N) is 1. The van der Waals surface area contributed by atoms with Crippen molar-refractivity contribution in [1.82, 2.24) is 4.90 Å². The Hall–Kier alpha value is -1.26. The predicted molar refractivity (Wildman–Crippen MR) is 67.2 cm³/mol. The second-order valence-corrected chi connectivity index (χ2v) is 4.23. The summed E-state index contributed by atoms with van der Waals surface area (Å²) in [4.78, 5) is 1.98. The molecule has 1 aliphatic rings. The summed E-state index contributed by atoms with van der Waals surface area (Å²) in [5, 5.41) is 8.80. The molecule has 1 aromatic rings. The van der Waals surface area contributed by atoms with E-state index in [4.69, 9.17) is 26.5 Å². The van der Waals surface area contributed by atoms with Gasteiger partial charge in [-0.05, 0) is 18.2 Å². The lowest BCUT2D eigenvalue weighted by Gasteiger charge is -2.29. The van der Waals surface area contributed by atoms with Crippen LogP contribution in [0.4, 0.5) is 0 Å². The molecule has 1 aliphatic heterocycles. The van der Waals surface area contributed by atoms with Crippen molar-refractivity contribution in [3.63, 3.8) is 0 Å². The fourth-order valence-corrected chi connectivity index (χ4v) is 1.98. The molecule has 1 aromatic carbocycles. The average Bonchev–Trinajstić information content (AvgIpc) is 2.39. The number of benzene rings is 1. The van der Waals surface area contributed by atoms with Crippen LogP contribution in [0.15, 0.2) is 18.2 Å². The third kappa shape index (κ3) is 2.70. The molecule has 0 aliphatic carbocycles. The Morgan fingerprint density at radius 1 is 1.41 bits per heavy atom. The van der Waals surface area contributed by atoms with Crippen LogP contribution in [-0.2, 0) is 4.74 Å². The Bertz CT molecular complexity index is 417. The topological polar surface area (TPSA) is 45.5 Å². The zero-order chi connectivity index (χ0) is 12.3. The zero-order valence-electron chi connectivity index (χ0n) is 9.70. The van der Waals surface area contributed by atoms with E-state index in [2.05, 4.69) is 0 Å². The first-order chi connectivity index (χ1) is 8.22. The summed E-state index contributed by atoms with van der Waals surface area (Å²) >= 11 is 5.90. The number of nitrogens with one attached hydrogen (secondary N) is 1. The molecule has 0 aromatic heterocycles. The van der Waals surface area contributed by atoms with Crippen LogP contribution in [0.1, 0.15) is 5.56 Å². The van der Waals surface area contributed by atoms with Gasteiger partial charge in [0.1, 0.15) is 11.6 Å². The SMILES string of the molecule is COc1cc(Cl)ccc1C(=N)N1CCOCC1. The van der Waals surface area contributed by atoms with Crippen LogP contribution in [0.25, 0.3) is 0 Å². The normalized spacial score (nSPS) is 15.8. The van der Waals surface area contributed by atoms with Gasteiger partial charge in [-0.1, -0.05) is 11.6 Å². The summed E-state index contributed by atoms with van der Waals surface area (Å²) in [6.07, 6.45) is 0. The van der Waals surface area contributed by atoms with Gasteiger partial charge in [-0.3, -0.25) is 5.41 Å². The molecular weight excluding hydrogens is 240 g/mol. The van der Waals surface area contributed by atoms with Crippen LogP contribution < -0.4 is 4.74 Å². The first-order valence-electron chi connectivity index (χ1n) is 5.47. The Labute approximate surface area is 106 Å². The van der Waals surface area contributed by atoms with Crippen molar-refractivity contribution in [2.24, 2.45) is 0 Å². The smallest absolute Gasteiger partial charge is 0.132 e. The molecule has 5 heteroatoms. The van der Waals surface area contributed by atoms with Crippen LogP contribution in [0.3, 0.4) is 0 Å². The lowest BCUT2D eigenvalue weighted by Crippen LogP contribution is -2.40. The molecule has 2 rings (SSSR count). The van der Waals surface area contributed by atoms with E-state index in [1.165, 1.54) is 0 Å². The minimum absolute atomic E-state index is 0.460. The first-order valence-corrected chi connectivity index (χ1v) is 5.85. The van der Waals surface area contributed by atoms with Crippen molar-refractivity contribution in [3.8, 4) is 5.75 Å². The summed E-state index contributed by atoms with van der Waals surface area (Å²) < 4.78 is 10.5. The second kappa shape index (κ2) is 5.38. The molecular formula is C12H15ClN2O2. The standard InChI is InChI=1S/C12H15ClN2O2/c1-16-11-8-9(13)2-3-10(11)12(14)15-4-6-17-7-5-15/h2-3,8,14H,4-7H2,1H3. The van der Waals surface area contributed by atoms with Gasteiger partial charge in [0.2, 0.25) is 0 Å². The fourth-order valence-electron chi connectivity index (χ4n) is 1.82.